The van der Waals surface area contributed by atoms with Gasteiger partial charge in [0.2, 0.25) is 6.29 Å². The Morgan fingerprint density at radius 1 is 1.10 bits per heavy atom. The highest BCUT2D eigenvalue weighted by Gasteiger charge is 2.71. The van der Waals surface area contributed by atoms with Crippen molar-refractivity contribution >= 4 is 17.9 Å². The zero-order valence-corrected chi connectivity index (χ0v) is 18.3. The number of ether oxygens (including phenoxy) is 5. The van der Waals surface area contributed by atoms with E-state index in [1.165, 1.54) is 13.2 Å². The molecule has 1 spiro atoms. The van der Waals surface area contributed by atoms with Crippen LogP contribution in [-0.4, -0.2) is 49.1 Å². The molecule has 0 N–H and O–H groups in total. The number of rotatable bonds is 8. The maximum atomic E-state index is 12.3. The highest BCUT2D eigenvalue weighted by Crippen LogP contribution is 2.58. The first-order valence-corrected chi connectivity index (χ1v) is 10.6. The maximum absolute atomic E-state index is 12.3. The van der Waals surface area contributed by atoms with Crippen molar-refractivity contribution < 1.29 is 38.1 Å². The monoisotopic (exact) mass is 424 g/mol. The van der Waals surface area contributed by atoms with Crippen molar-refractivity contribution in [2.45, 2.75) is 71.9 Å². The van der Waals surface area contributed by atoms with Gasteiger partial charge in [-0.05, 0) is 18.3 Å². The second-order valence-corrected chi connectivity index (χ2v) is 9.25. The molecule has 1 saturated heterocycles. The summed E-state index contributed by atoms with van der Waals surface area (Å²) in [4.78, 5) is 35.9. The minimum absolute atomic E-state index is 0.0753. The maximum Gasteiger partial charge on any atom is 0.309 e. The van der Waals surface area contributed by atoms with Gasteiger partial charge in [-0.1, -0.05) is 27.7 Å². The SMILES string of the molecule is CC(=O)OCC1=CO[C@H](OC(=O)CC(C)C)[C@H]2[C@@H]1C[C@@H](OC(=O)CC(C)C)[C@@]21CO1. The molecule has 3 rings (SSSR count). The number of epoxide rings is 1. The molecule has 0 aromatic rings. The van der Waals surface area contributed by atoms with Crippen molar-refractivity contribution in [1.82, 2.24) is 0 Å². The number of hydrogen-bond donors (Lipinski definition) is 0. The molecule has 1 saturated carbocycles. The fraction of sp³-hybridized carbons (Fsp3) is 0.773. The van der Waals surface area contributed by atoms with E-state index in [0.29, 0.717) is 19.4 Å². The van der Waals surface area contributed by atoms with Crippen LogP contribution in [-0.2, 0) is 38.1 Å². The molecular weight excluding hydrogens is 392 g/mol. The van der Waals surface area contributed by atoms with Crippen LogP contribution in [0.3, 0.4) is 0 Å². The summed E-state index contributed by atoms with van der Waals surface area (Å²) in [6.07, 6.45) is 1.31. The Labute approximate surface area is 177 Å². The summed E-state index contributed by atoms with van der Waals surface area (Å²) in [5.74, 6) is -1.15. The molecule has 0 bridgehead atoms. The minimum atomic E-state index is -0.835. The average Bonchev–Trinajstić information content (AvgIpc) is 3.33. The Morgan fingerprint density at radius 3 is 2.23 bits per heavy atom. The lowest BCUT2D eigenvalue weighted by atomic mass is 9.83. The van der Waals surface area contributed by atoms with E-state index in [-0.39, 0.29) is 48.6 Å². The Kier molecular flexibility index (Phi) is 6.75. The lowest BCUT2D eigenvalue weighted by molar-refractivity contribution is -0.192. The summed E-state index contributed by atoms with van der Waals surface area (Å²) >= 11 is 0. The van der Waals surface area contributed by atoms with E-state index < -0.39 is 24.0 Å². The van der Waals surface area contributed by atoms with Crippen molar-refractivity contribution in [3.05, 3.63) is 11.8 Å². The van der Waals surface area contributed by atoms with Gasteiger partial charge in [0.05, 0.1) is 18.8 Å². The third-order valence-corrected chi connectivity index (χ3v) is 5.72. The summed E-state index contributed by atoms with van der Waals surface area (Å²) in [6, 6.07) is 0. The van der Waals surface area contributed by atoms with Crippen molar-refractivity contribution in [3.63, 3.8) is 0 Å². The van der Waals surface area contributed by atoms with Crippen LogP contribution in [0.2, 0.25) is 0 Å². The fourth-order valence-corrected chi connectivity index (χ4v) is 4.35. The highest BCUT2D eigenvalue weighted by atomic mass is 16.7. The van der Waals surface area contributed by atoms with Gasteiger partial charge in [0.15, 0.2) is 0 Å². The van der Waals surface area contributed by atoms with Crippen LogP contribution in [0.5, 0.6) is 0 Å². The Morgan fingerprint density at radius 2 is 1.70 bits per heavy atom. The van der Waals surface area contributed by atoms with Gasteiger partial charge in [0, 0.05) is 31.3 Å². The van der Waals surface area contributed by atoms with Crippen LogP contribution in [0.25, 0.3) is 0 Å². The number of hydrogen-bond acceptors (Lipinski definition) is 8. The highest BCUT2D eigenvalue weighted by molar-refractivity contribution is 5.70. The van der Waals surface area contributed by atoms with E-state index in [2.05, 4.69) is 0 Å². The first-order chi connectivity index (χ1) is 14.1. The van der Waals surface area contributed by atoms with Gasteiger partial charge in [0.1, 0.15) is 18.3 Å². The molecule has 2 heterocycles. The molecule has 0 radical (unpaired) electrons. The van der Waals surface area contributed by atoms with Gasteiger partial charge in [-0.15, -0.1) is 0 Å². The Balaban J connectivity index is 1.80. The van der Waals surface area contributed by atoms with Gasteiger partial charge in [-0.25, -0.2) is 0 Å². The Hall–Kier alpha value is -2.09. The smallest absolute Gasteiger partial charge is 0.309 e. The van der Waals surface area contributed by atoms with Gasteiger partial charge in [-0.3, -0.25) is 14.4 Å². The molecule has 0 aromatic carbocycles. The molecule has 2 fully saturated rings. The zero-order chi connectivity index (χ0) is 22.1. The molecule has 1 aliphatic carbocycles. The number of carbonyl (C=O) groups is 3. The van der Waals surface area contributed by atoms with E-state index >= 15 is 0 Å². The van der Waals surface area contributed by atoms with Crippen LogP contribution in [0.1, 0.15) is 53.9 Å². The van der Waals surface area contributed by atoms with E-state index in [9.17, 15) is 14.4 Å². The molecule has 5 atom stereocenters. The van der Waals surface area contributed by atoms with E-state index in [4.69, 9.17) is 23.7 Å². The largest absolute Gasteiger partial charge is 0.462 e. The lowest BCUT2D eigenvalue weighted by Crippen LogP contribution is -2.45. The summed E-state index contributed by atoms with van der Waals surface area (Å²) < 4.78 is 28.2. The fourth-order valence-electron chi connectivity index (χ4n) is 4.35. The Bertz CT molecular complexity index is 706. The topological polar surface area (TPSA) is 101 Å². The van der Waals surface area contributed by atoms with Crippen LogP contribution in [0, 0.1) is 23.7 Å². The first-order valence-electron chi connectivity index (χ1n) is 10.6. The van der Waals surface area contributed by atoms with Gasteiger partial charge >= 0.3 is 17.9 Å². The third-order valence-electron chi connectivity index (χ3n) is 5.72. The van der Waals surface area contributed by atoms with Gasteiger partial charge in [0.25, 0.3) is 0 Å². The molecule has 168 valence electrons. The predicted octanol–water partition coefficient (Wildman–Crippen LogP) is 2.74. The molecule has 8 nitrogen and oxygen atoms in total. The van der Waals surface area contributed by atoms with Crippen molar-refractivity contribution in [1.29, 1.82) is 0 Å². The molecule has 2 aliphatic heterocycles. The third kappa shape index (κ3) is 4.96. The standard InChI is InChI=1S/C22H32O8/c1-12(2)6-18(24)29-17-8-16-15(9-26-14(5)23)10-27-21(20(16)22(17)11-28-22)30-19(25)7-13(3)4/h10,12-13,16-17,20-21H,6-9,11H2,1-5H3/t16-,17-,20-,21-,22+/m1/s1. The van der Waals surface area contributed by atoms with Crippen LogP contribution >= 0.6 is 0 Å². The van der Waals surface area contributed by atoms with Crippen LogP contribution in [0.4, 0.5) is 0 Å². The second-order valence-electron chi connectivity index (χ2n) is 9.25. The number of fused-ring (bicyclic) bond motifs is 2. The first kappa shape index (κ1) is 22.6. The molecule has 8 heteroatoms. The van der Waals surface area contributed by atoms with Crippen LogP contribution in [0.15, 0.2) is 11.8 Å². The van der Waals surface area contributed by atoms with Crippen molar-refractivity contribution in [3.8, 4) is 0 Å². The summed E-state index contributed by atoms with van der Waals surface area (Å²) in [5, 5.41) is 0. The van der Waals surface area contributed by atoms with E-state index in [1.807, 2.05) is 27.7 Å². The molecule has 0 aromatic heterocycles. The number of carbonyl (C=O) groups excluding carboxylic acids is 3. The van der Waals surface area contributed by atoms with Crippen molar-refractivity contribution in [2.24, 2.45) is 23.7 Å². The molecule has 30 heavy (non-hydrogen) atoms. The van der Waals surface area contributed by atoms with E-state index in [1.54, 1.807) is 0 Å². The predicted molar refractivity (Wildman–Crippen MR) is 105 cm³/mol. The van der Waals surface area contributed by atoms with Crippen molar-refractivity contribution in [2.75, 3.05) is 13.2 Å². The molecule has 3 aliphatic rings. The van der Waals surface area contributed by atoms with Crippen LogP contribution < -0.4 is 0 Å². The van der Waals surface area contributed by atoms with Gasteiger partial charge in [-0.2, -0.15) is 0 Å². The minimum Gasteiger partial charge on any atom is -0.462 e. The lowest BCUT2D eigenvalue weighted by Gasteiger charge is -2.35. The summed E-state index contributed by atoms with van der Waals surface area (Å²) in [5.41, 5.74) is 0.0270. The second kappa shape index (κ2) is 8.96. The summed E-state index contributed by atoms with van der Waals surface area (Å²) in [6.45, 7) is 9.60. The van der Waals surface area contributed by atoms with E-state index in [0.717, 1.165) is 5.57 Å². The normalized spacial score (nSPS) is 31.8. The average molecular weight is 424 g/mol. The number of esters is 3. The molecular formula is C22H32O8. The van der Waals surface area contributed by atoms with Gasteiger partial charge < -0.3 is 23.7 Å². The molecule has 0 unspecified atom stereocenters. The summed E-state index contributed by atoms with van der Waals surface area (Å²) in [7, 11) is 0. The quantitative estimate of drug-likeness (QED) is 0.333. The molecule has 0 amide bonds. The zero-order valence-electron chi connectivity index (χ0n) is 18.3.